The number of amides is 2. The number of anilines is 1. The first kappa shape index (κ1) is 21.2. The molecule has 3 rings (SSSR count). The van der Waals surface area contributed by atoms with Crippen molar-refractivity contribution >= 4 is 17.5 Å². The molecule has 0 aliphatic rings. The number of carbonyl (C=O) groups excluding carboxylic acids is 2. The van der Waals surface area contributed by atoms with E-state index in [1.807, 2.05) is 44.2 Å². The number of phenolic OH excluding ortho intramolecular Hbond substituents is 1. The summed E-state index contributed by atoms with van der Waals surface area (Å²) in [5.74, 6) is -0.369. The normalized spacial score (nSPS) is 10.7. The van der Waals surface area contributed by atoms with Crippen LogP contribution in [0.4, 0.5) is 5.69 Å². The number of nitrogens with two attached hydrogens (primary N) is 1. The van der Waals surface area contributed by atoms with Gasteiger partial charge in [-0.25, -0.2) is 0 Å². The number of aromatic hydroxyl groups is 1. The lowest BCUT2D eigenvalue weighted by Gasteiger charge is -2.14. The van der Waals surface area contributed by atoms with E-state index in [-0.39, 0.29) is 11.7 Å². The van der Waals surface area contributed by atoms with E-state index in [0.717, 1.165) is 22.5 Å². The zero-order valence-corrected chi connectivity index (χ0v) is 17.3. The molecule has 2 aromatic carbocycles. The molecule has 1 heterocycles. The Bertz CT molecular complexity index is 1040. The van der Waals surface area contributed by atoms with Crippen molar-refractivity contribution in [1.29, 1.82) is 0 Å². The van der Waals surface area contributed by atoms with E-state index in [1.165, 1.54) is 12.1 Å². The van der Waals surface area contributed by atoms with Gasteiger partial charge in [0.05, 0.1) is 11.3 Å². The standard InChI is InChI=1S/C24H27N3O3/c1-3-20-22(24(25)30)16(2)23(17-8-5-4-6-9-17)27(20)15-7-10-21(29)26-18-11-13-19(28)14-12-18/h4-6,8-9,11-14,28H,3,7,10,15H2,1-2H3,(H2,25,30)(H,26,29). The molecule has 0 saturated heterocycles. The summed E-state index contributed by atoms with van der Waals surface area (Å²) in [6, 6.07) is 16.3. The minimum Gasteiger partial charge on any atom is -0.508 e. The third kappa shape index (κ3) is 4.54. The lowest BCUT2D eigenvalue weighted by atomic mass is 10.0. The molecular formula is C24H27N3O3. The van der Waals surface area contributed by atoms with E-state index < -0.39 is 5.91 Å². The van der Waals surface area contributed by atoms with Crippen molar-refractivity contribution in [3.05, 3.63) is 71.4 Å². The number of nitrogens with one attached hydrogen (secondary N) is 1. The van der Waals surface area contributed by atoms with Gasteiger partial charge in [-0.05, 0) is 55.2 Å². The molecule has 0 bridgehead atoms. The fraction of sp³-hybridized carbons (Fsp3) is 0.250. The molecule has 6 heteroatoms. The Kier molecular flexibility index (Phi) is 6.57. The second-order valence-corrected chi connectivity index (χ2v) is 7.23. The smallest absolute Gasteiger partial charge is 0.250 e. The molecule has 0 spiro atoms. The van der Waals surface area contributed by atoms with E-state index in [0.29, 0.717) is 37.1 Å². The molecule has 0 atom stereocenters. The summed E-state index contributed by atoms with van der Waals surface area (Å²) in [6.07, 6.45) is 1.62. The number of aromatic nitrogens is 1. The number of phenols is 1. The molecule has 0 aliphatic carbocycles. The van der Waals surface area contributed by atoms with Crippen LogP contribution in [0.25, 0.3) is 11.3 Å². The molecule has 2 amide bonds. The van der Waals surface area contributed by atoms with Crippen LogP contribution in [-0.2, 0) is 17.8 Å². The summed E-state index contributed by atoms with van der Waals surface area (Å²) in [5.41, 5.74) is 10.7. The molecule has 0 radical (unpaired) electrons. The fourth-order valence-electron chi connectivity index (χ4n) is 3.88. The monoisotopic (exact) mass is 405 g/mol. The van der Waals surface area contributed by atoms with E-state index in [9.17, 15) is 14.7 Å². The summed E-state index contributed by atoms with van der Waals surface area (Å²) in [7, 11) is 0. The second kappa shape index (κ2) is 9.31. The Labute approximate surface area is 176 Å². The lowest BCUT2D eigenvalue weighted by molar-refractivity contribution is -0.116. The highest BCUT2D eigenvalue weighted by Gasteiger charge is 2.23. The number of hydrogen-bond donors (Lipinski definition) is 3. The zero-order chi connectivity index (χ0) is 21.7. The summed E-state index contributed by atoms with van der Waals surface area (Å²) >= 11 is 0. The maximum atomic E-state index is 12.3. The quantitative estimate of drug-likeness (QED) is 0.489. The molecule has 30 heavy (non-hydrogen) atoms. The maximum absolute atomic E-state index is 12.3. The number of rotatable bonds is 8. The number of benzene rings is 2. The van der Waals surface area contributed by atoms with Gasteiger partial charge in [-0.1, -0.05) is 37.3 Å². The molecule has 3 aromatic rings. The minimum absolute atomic E-state index is 0.0981. The third-order valence-corrected chi connectivity index (χ3v) is 5.18. The van der Waals surface area contributed by atoms with Gasteiger partial charge >= 0.3 is 0 Å². The largest absolute Gasteiger partial charge is 0.508 e. The predicted molar refractivity (Wildman–Crippen MR) is 118 cm³/mol. The van der Waals surface area contributed by atoms with Crippen molar-refractivity contribution in [3.63, 3.8) is 0 Å². The van der Waals surface area contributed by atoms with Gasteiger partial charge in [-0.15, -0.1) is 0 Å². The van der Waals surface area contributed by atoms with E-state index in [1.54, 1.807) is 12.1 Å². The van der Waals surface area contributed by atoms with Gasteiger partial charge < -0.3 is 20.7 Å². The summed E-state index contributed by atoms with van der Waals surface area (Å²) < 4.78 is 2.12. The Morgan fingerprint density at radius 2 is 1.73 bits per heavy atom. The molecular weight excluding hydrogens is 378 g/mol. The van der Waals surface area contributed by atoms with Crippen LogP contribution in [-0.4, -0.2) is 21.5 Å². The van der Waals surface area contributed by atoms with Crippen LogP contribution in [0.15, 0.2) is 54.6 Å². The molecule has 1 aromatic heterocycles. The van der Waals surface area contributed by atoms with Crippen LogP contribution in [0.3, 0.4) is 0 Å². The van der Waals surface area contributed by atoms with E-state index in [2.05, 4.69) is 9.88 Å². The molecule has 0 aliphatic heterocycles. The highest BCUT2D eigenvalue weighted by atomic mass is 16.3. The van der Waals surface area contributed by atoms with Crippen LogP contribution < -0.4 is 11.1 Å². The van der Waals surface area contributed by atoms with Gasteiger partial charge in [-0.3, -0.25) is 9.59 Å². The summed E-state index contributed by atoms with van der Waals surface area (Å²) in [4.78, 5) is 24.5. The molecule has 0 unspecified atom stereocenters. The topological polar surface area (TPSA) is 97.4 Å². The van der Waals surface area contributed by atoms with Crippen LogP contribution in [0.5, 0.6) is 5.75 Å². The van der Waals surface area contributed by atoms with Gasteiger partial charge in [0.15, 0.2) is 0 Å². The Balaban J connectivity index is 1.80. The minimum atomic E-state index is -0.426. The SMILES string of the molecule is CCc1c(C(N)=O)c(C)c(-c2ccccc2)n1CCCC(=O)Nc1ccc(O)cc1. The van der Waals surface area contributed by atoms with Crippen LogP contribution >= 0.6 is 0 Å². The summed E-state index contributed by atoms with van der Waals surface area (Å²) in [6.45, 7) is 4.53. The van der Waals surface area contributed by atoms with Crippen LogP contribution in [0, 0.1) is 6.92 Å². The summed E-state index contributed by atoms with van der Waals surface area (Å²) in [5, 5.41) is 12.2. The highest BCUT2D eigenvalue weighted by Crippen LogP contribution is 2.32. The van der Waals surface area contributed by atoms with Gasteiger partial charge in [-0.2, -0.15) is 0 Å². The first-order chi connectivity index (χ1) is 14.4. The van der Waals surface area contributed by atoms with Crippen LogP contribution in [0.1, 0.15) is 41.4 Å². The third-order valence-electron chi connectivity index (χ3n) is 5.18. The van der Waals surface area contributed by atoms with Crippen molar-refractivity contribution in [3.8, 4) is 17.0 Å². The number of nitrogens with zero attached hydrogens (tertiary/aromatic N) is 1. The molecule has 4 N–H and O–H groups in total. The Morgan fingerprint density at radius 3 is 2.33 bits per heavy atom. The molecule has 6 nitrogen and oxygen atoms in total. The van der Waals surface area contributed by atoms with Crippen molar-refractivity contribution in [1.82, 2.24) is 4.57 Å². The van der Waals surface area contributed by atoms with Crippen LogP contribution in [0.2, 0.25) is 0 Å². The molecule has 0 saturated carbocycles. The van der Waals surface area contributed by atoms with Gasteiger partial charge in [0.2, 0.25) is 5.91 Å². The van der Waals surface area contributed by atoms with Gasteiger partial charge in [0.25, 0.3) is 5.91 Å². The second-order valence-electron chi connectivity index (χ2n) is 7.23. The van der Waals surface area contributed by atoms with Gasteiger partial charge in [0.1, 0.15) is 5.75 Å². The molecule has 0 fully saturated rings. The number of carbonyl (C=O) groups is 2. The van der Waals surface area contributed by atoms with Crippen molar-refractivity contribution in [2.45, 2.75) is 39.7 Å². The van der Waals surface area contributed by atoms with E-state index in [4.69, 9.17) is 5.73 Å². The number of hydrogen-bond acceptors (Lipinski definition) is 3. The fourth-order valence-corrected chi connectivity index (χ4v) is 3.88. The average Bonchev–Trinajstić information content (AvgIpc) is 3.01. The predicted octanol–water partition coefficient (Wildman–Crippen LogP) is 4.25. The number of primary amides is 1. The lowest BCUT2D eigenvalue weighted by Crippen LogP contribution is -2.16. The average molecular weight is 405 g/mol. The first-order valence-corrected chi connectivity index (χ1v) is 10.1. The van der Waals surface area contributed by atoms with Crippen molar-refractivity contribution in [2.24, 2.45) is 5.73 Å². The Hall–Kier alpha value is -3.54. The molecule has 156 valence electrons. The van der Waals surface area contributed by atoms with E-state index >= 15 is 0 Å². The highest BCUT2D eigenvalue weighted by molar-refractivity contribution is 5.98. The van der Waals surface area contributed by atoms with Crippen molar-refractivity contribution in [2.75, 3.05) is 5.32 Å². The maximum Gasteiger partial charge on any atom is 0.250 e. The first-order valence-electron chi connectivity index (χ1n) is 10.1. The zero-order valence-electron chi connectivity index (χ0n) is 17.3. The van der Waals surface area contributed by atoms with Crippen molar-refractivity contribution < 1.29 is 14.7 Å². The Morgan fingerprint density at radius 1 is 1.07 bits per heavy atom. The van der Waals surface area contributed by atoms with Gasteiger partial charge in [0, 0.05) is 24.3 Å².